The molecular weight excluding hydrogens is 338 g/mol. The molecule has 0 spiro atoms. The van der Waals surface area contributed by atoms with Gasteiger partial charge in [0, 0.05) is 37.7 Å². The number of hydrogen-bond donors (Lipinski definition) is 1. The van der Waals surface area contributed by atoms with E-state index in [9.17, 15) is 19.7 Å². The Kier molecular flexibility index (Phi) is 7.37. The van der Waals surface area contributed by atoms with Crippen LogP contribution in [0.3, 0.4) is 0 Å². The second-order valence-corrected chi connectivity index (χ2v) is 6.17. The van der Waals surface area contributed by atoms with Gasteiger partial charge in [0.2, 0.25) is 5.91 Å². The maximum absolute atomic E-state index is 12.2. The second-order valence-electron chi connectivity index (χ2n) is 6.17. The molecule has 1 aromatic rings. The van der Waals surface area contributed by atoms with Crippen molar-refractivity contribution in [2.45, 2.75) is 39.0 Å². The molecule has 0 bridgehead atoms. The lowest BCUT2D eigenvalue weighted by Gasteiger charge is -2.20. The Bertz CT molecular complexity index is 662. The van der Waals surface area contributed by atoms with Crippen molar-refractivity contribution >= 4 is 17.5 Å². The first-order valence-corrected chi connectivity index (χ1v) is 9.00. The summed E-state index contributed by atoms with van der Waals surface area (Å²) in [5.74, 6) is -0.0527. The summed E-state index contributed by atoms with van der Waals surface area (Å²) in [7, 11) is 0. The van der Waals surface area contributed by atoms with E-state index in [2.05, 4.69) is 5.32 Å². The fourth-order valence-electron chi connectivity index (χ4n) is 2.93. The van der Waals surface area contributed by atoms with Crippen molar-refractivity contribution in [2.24, 2.45) is 0 Å². The van der Waals surface area contributed by atoms with E-state index in [-0.39, 0.29) is 28.8 Å². The molecule has 0 unspecified atom stereocenters. The van der Waals surface area contributed by atoms with Gasteiger partial charge in [0.25, 0.3) is 5.91 Å². The summed E-state index contributed by atoms with van der Waals surface area (Å²) >= 11 is 0. The minimum Gasteiger partial charge on any atom is -0.487 e. The molecule has 1 aliphatic heterocycles. The smallest absolute Gasteiger partial charge is 0.311 e. The van der Waals surface area contributed by atoms with Crippen LogP contribution in [0.2, 0.25) is 0 Å². The molecule has 1 N–H and O–H groups in total. The summed E-state index contributed by atoms with van der Waals surface area (Å²) in [6, 6.07) is 4.16. The maximum Gasteiger partial charge on any atom is 0.311 e. The fourth-order valence-corrected chi connectivity index (χ4v) is 2.93. The highest BCUT2D eigenvalue weighted by Crippen LogP contribution is 2.27. The van der Waals surface area contributed by atoms with Gasteiger partial charge in [0.05, 0.1) is 11.5 Å². The first-order chi connectivity index (χ1) is 12.5. The Morgan fingerprint density at radius 3 is 2.88 bits per heavy atom. The molecule has 1 aliphatic rings. The third-order valence-corrected chi connectivity index (χ3v) is 4.28. The molecule has 0 aliphatic carbocycles. The predicted molar refractivity (Wildman–Crippen MR) is 96.3 cm³/mol. The number of benzene rings is 1. The van der Waals surface area contributed by atoms with E-state index in [1.165, 1.54) is 18.2 Å². The topological polar surface area (TPSA) is 102 Å². The number of nitro benzene ring substituents is 1. The molecule has 2 rings (SSSR count). The van der Waals surface area contributed by atoms with Crippen LogP contribution >= 0.6 is 0 Å². The van der Waals surface area contributed by atoms with Crippen LogP contribution in [0.15, 0.2) is 18.2 Å². The van der Waals surface area contributed by atoms with Crippen LogP contribution in [-0.2, 0) is 4.79 Å². The first kappa shape index (κ1) is 19.7. The summed E-state index contributed by atoms with van der Waals surface area (Å²) in [6.07, 6.45) is 4.30. The largest absolute Gasteiger partial charge is 0.487 e. The third kappa shape index (κ3) is 5.44. The average molecular weight is 363 g/mol. The van der Waals surface area contributed by atoms with E-state index in [1.807, 2.05) is 4.90 Å². The van der Waals surface area contributed by atoms with Gasteiger partial charge in [-0.25, -0.2) is 0 Å². The number of carbonyl (C=O) groups is 2. The first-order valence-electron chi connectivity index (χ1n) is 9.00. The molecule has 8 nitrogen and oxygen atoms in total. The molecule has 1 aromatic carbocycles. The van der Waals surface area contributed by atoms with Crippen LogP contribution in [0.1, 0.15) is 49.4 Å². The van der Waals surface area contributed by atoms with Crippen LogP contribution in [0.5, 0.6) is 5.75 Å². The number of hydrogen-bond acceptors (Lipinski definition) is 5. The number of rotatable bonds is 8. The highest BCUT2D eigenvalue weighted by molar-refractivity contribution is 5.95. The number of nitrogens with one attached hydrogen (secondary N) is 1. The zero-order valence-corrected chi connectivity index (χ0v) is 15.0. The molecule has 8 heteroatoms. The summed E-state index contributed by atoms with van der Waals surface area (Å²) in [4.78, 5) is 36.5. The SMILES string of the molecule is CCOc1ccc(C(=O)NCCCN2CCCCCC2=O)cc1[N+](=O)[O-]. The standard InChI is InChI=1S/C18H25N3O5/c1-2-26-16-9-8-14(13-15(16)21(24)25)18(23)19-10-6-12-20-11-5-3-4-7-17(20)22/h8-9,13H,2-7,10-12H2,1H3,(H,19,23). The molecule has 1 fully saturated rings. The highest BCUT2D eigenvalue weighted by Gasteiger charge is 2.19. The highest BCUT2D eigenvalue weighted by atomic mass is 16.6. The minimum atomic E-state index is -0.563. The van der Waals surface area contributed by atoms with Gasteiger partial charge >= 0.3 is 5.69 Å². The van der Waals surface area contributed by atoms with E-state index in [0.717, 1.165) is 25.8 Å². The van der Waals surface area contributed by atoms with Crippen molar-refractivity contribution in [3.8, 4) is 5.75 Å². The van der Waals surface area contributed by atoms with Gasteiger partial charge in [-0.1, -0.05) is 6.42 Å². The van der Waals surface area contributed by atoms with E-state index in [1.54, 1.807) is 6.92 Å². The second kappa shape index (κ2) is 9.74. The van der Waals surface area contributed by atoms with Crippen molar-refractivity contribution in [1.29, 1.82) is 0 Å². The Morgan fingerprint density at radius 2 is 2.15 bits per heavy atom. The number of carbonyl (C=O) groups excluding carboxylic acids is 2. The van der Waals surface area contributed by atoms with E-state index < -0.39 is 4.92 Å². The fraction of sp³-hybridized carbons (Fsp3) is 0.556. The van der Waals surface area contributed by atoms with Crippen LogP contribution < -0.4 is 10.1 Å². The number of ether oxygens (including phenoxy) is 1. The quantitative estimate of drug-likeness (QED) is 0.434. The summed E-state index contributed by atoms with van der Waals surface area (Å²) in [5, 5.41) is 13.9. The van der Waals surface area contributed by atoms with E-state index >= 15 is 0 Å². The predicted octanol–water partition coefficient (Wildman–Crippen LogP) is 2.52. The molecule has 0 aromatic heterocycles. The summed E-state index contributed by atoms with van der Waals surface area (Å²) < 4.78 is 5.21. The van der Waals surface area contributed by atoms with Crippen molar-refractivity contribution in [2.75, 3.05) is 26.2 Å². The third-order valence-electron chi connectivity index (χ3n) is 4.28. The van der Waals surface area contributed by atoms with Crippen molar-refractivity contribution < 1.29 is 19.2 Å². The van der Waals surface area contributed by atoms with Gasteiger partial charge in [-0.3, -0.25) is 19.7 Å². The van der Waals surface area contributed by atoms with E-state index in [4.69, 9.17) is 4.74 Å². The Labute approximate surface area is 152 Å². The van der Waals surface area contributed by atoms with Gasteiger partial charge in [0.15, 0.2) is 5.75 Å². The molecule has 2 amide bonds. The molecule has 1 heterocycles. The lowest BCUT2D eigenvalue weighted by atomic mass is 10.1. The van der Waals surface area contributed by atoms with Crippen molar-refractivity contribution in [1.82, 2.24) is 10.2 Å². The Morgan fingerprint density at radius 1 is 1.35 bits per heavy atom. The van der Waals surface area contributed by atoms with Crippen molar-refractivity contribution in [3.05, 3.63) is 33.9 Å². The molecule has 142 valence electrons. The average Bonchev–Trinajstić information content (AvgIpc) is 2.83. The molecule has 0 atom stereocenters. The van der Waals surface area contributed by atoms with Gasteiger partial charge < -0.3 is 15.0 Å². The molecule has 1 saturated heterocycles. The van der Waals surface area contributed by atoms with Gasteiger partial charge in [0.1, 0.15) is 0 Å². The lowest BCUT2D eigenvalue weighted by molar-refractivity contribution is -0.385. The Hall–Kier alpha value is -2.64. The Balaban J connectivity index is 1.86. The van der Waals surface area contributed by atoms with E-state index in [0.29, 0.717) is 32.5 Å². The van der Waals surface area contributed by atoms with Gasteiger partial charge in [-0.15, -0.1) is 0 Å². The number of likely N-dealkylation sites (tertiary alicyclic amines) is 1. The number of nitro groups is 1. The van der Waals surface area contributed by atoms with Crippen LogP contribution in [0.25, 0.3) is 0 Å². The molecule has 26 heavy (non-hydrogen) atoms. The normalized spacial score (nSPS) is 14.7. The van der Waals surface area contributed by atoms with Crippen molar-refractivity contribution in [3.63, 3.8) is 0 Å². The monoisotopic (exact) mass is 363 g/mol. The maximum atomic E-state index is 12.2. The lowest BCUT2D eigenvalue weighted by Crippen LogP contribution is -2.34. The molecular formula is C18H25N3O5. The number of amides is 2. The van der Waals surface area contributed by atoms with Gasteiger partial charge in [-0.2, -0.15) is 0 Å². The van der Waals surface area contributed by atoms with Crippen LogP contribution in [0.4, 0.5) is 5.69 Å². The molecule has 0 saturated carbocycles. The zero-order chi connectivity index (χ0) is 18.9. The zero-order valence-electron chi connectivity index (χ0n) is 15.0. The van der Waals surface area contributed by atoms with Crippen LogP contribution in [0, 0.1) is 10.1 Å². The number of nitrogens with zero attached hydrogens (tertiary/aromatic N) is 2. The van der Waals surface area contributed by atoms with Crippen LogP contribution in [-0.4, -0.2) is 47.9 Å². The minimum absolute atomic E-state index is 0.147. The summed E-state index contributed by atoms with van der Waals surface area (Å²) in [6.45, 7) is 3.84. The molecule has 0 radical (unpaired) electrons. The van der Waals surface area contributed by atoms with Gasteiger partial charge in [-0.05, 0) is 38.3 Å². The summed E-state index contributed by atoms with van der Waals surface area (Å²) in [5.41, 5.74) is -0.0133.